The molecule has 0 amide bonds. The molecule has 0 saturated heterocycles. The summed E-state index contributed by atoms with van der Waals surface area (Å²) in [5.41, 5.74) is 9.10. The Hall–Kier alpha value is -1.92. The Morgan fingerprint density at radius 1 is 0.759 bits per heavy atom. The summed E-state index contributed by atoms with van der Waals surface area (Å²) >= 11 is -4.25. The van der Waals surface area contributed by atoms with E-state index in [1.54, 1.807) is 0 Å². The standard InChI is InChI=1S/C13H9.C7H7.C5H3.CH2.2ClH.Ti/c1-3-7-12-10(5-1)9-11-6-2-4-8-13(11)12;1-7-5-3-2-4-6-7;1-2-4-5-3-1;;;;/h1-9H;2-6H,1H2;1-3H;1H2;2*1H;/q;;;;;;+2/p-2. The predicted molar refractivity (Wildman–Crippen MR) is 124 cm³/mol. The van der Waals surface area contributed by atoms with Crippen LogP contribution in [-0.4, -0.2) is 4.82 Å². The average Bonchev–Trinajstić information content (AvgIpc) is 3.36. The summed E-state index contributed by atoms with van der Waals surface area (Å²) in [7, 11) is 14.3. The third kappa shape index (κ3) is 3.80. The molecule has 0 atom stereocenters. The first-order valence-corrected chi connectivity index (χ1v) is 16.6. The summed E-state index contributed by atoms with van der Waals surface area (Å²) in [5.74, 6) is 0. The van der Waals surface area contributed by atoms with E-state index >= 15 is 0 Å². The number of fused-ring (bicyclic) bond motifs is 3. The van der Waals surface area contributed by atoms with Gasteiger partial charge >= 0.3 is 139 Å². The van der Waals surface area contributed by atoms with Crippen LogP contribution in [0.3, 0.4) is 0 Å². The number of hydrogen-bond acceptors (Lipinski definition) is 0. The molecule has 2 aliphatic carbocycles. The van der Waals surface area contributed by atoms with E-state index < -0.39 is 12.7 Å². The van der Waals surface area contributed by atoms with Crippen LogP contribution < -0.4 is 0 Å². The van der Waals surface area contributed by atoms with Crippen LogP contribution in [0.2, 0.25) is 0 Å². The van der Waals surface area contributed by atoms with Crippen molar-refractivity contribution < 1.29 is 12.7 Å². The van der Waals surface area contributed by atoms with Gasteiger partial charge in [-0.3, -0.25) is 0 Å². The second-order valence-corrected chi connectivity index (χ2v) is 21.1. The summed E-state index contributed by atoms with van der Waals surface area (Å²) in [4.78, 5) is 4.42. The molecule has 3 aromatic carbocycles. The van der Waals surface area contributed by atoms with Crippen molar-refractivity contribution in [3.63, 3.8) is 0 Å². The van der Waals surface area contributed by atoms with Crippen LogP contribution in [0.25, 0.3) is 11.1 Å². The molecule has 0 heterocycles. The van der Waals surface area contributed by atoms with Crippen molar-refractivity contribution in [1.29, 1.82) is 0 Å². The summed E-state index contributed by atoms with van der Waals surface area (Å²) in [6.07, 6.45) is 5.76. The number of halogens is 2. The summed E-state index contributed by atoms with van der Waals surface area (Å²) in [6.45, 7) is 3.72. The van der Waals surface area contributed by atoms with Crippen LogP contribution in [0.15, 0.2) is 107 Å². The molecule has 0 N–H and O–H groups in total. The zero-order valence-corrected chi connectivity index (χ0v) is 19.1. The Labute approximate surface area is 181 Å². The molecule has 0 unspecified atom stereocenters. The van der Waals surface area contributed by atoms with Crippen LogP contribution >= 0.6 is 18.6 Å². The molecule has 0 aromatic heterocycles. The molecule has 29 heavy (non-hydrogen) atoms. The van der Waals surface area contributed by atoms with Crippen LogP contribution in [0, 0.1) is 6.92 Å². The average molecular weight is 452 g/mol. The maximum Gasteiger partial charge on any atom is -0.0238 e. The van der Waals surface area contributed by atoms with Gasteiger partial charge in [0.1, 0.15) is 0 Å². The maximum atomic E-state index is 7.13. The molecule has 0 aliphatic heterocycles. The van der Waals surface area contributed by atoms with E-state index in [0.29, 0.717) is 0 Å². The van der Waals surface area contributed by atoms with Crippen LogP contribution in [-0.2, 0) is 12.7 Å². The van der Waals surface area contributed by atoms with Gasteiger partial charge in [0.15, 0.2) is 0 Å². The van der Waals surface area contributed by atoms with Gasteiger partial charge in [-0.15, -0.1) is 0 Å². The molecule has 0 spiro atoms. The van der Waals surface area contributed by atoms with Gasteiger partial charge in [-0.2, -0.15) is 0 Å². The predicted octanol–water partition coefficient (Wildman–Crippen LogP) is 7.66. The topological polar surface area (TPSA) is 0 Å². The third-order valence-corrected chi connectivity index (χ3v) is 13.8. The van der Waals surface area contributed by atoms with Gasteiger partial charge in [-0.1, -0.05) is 30.3 Å². The quantitative estimate of drug-likeness (QED) is 0.277. The second-order valence-electron chi connectivity index (χ2n) is 7.45. The molecule has 1 radical (unpaired) electrons. The van der Waals surface area contributed by atoms with Crippen LogP contribution in [0.5, 0.6) is 0 Å². The first-order chi connectivity index (χ1) is 13.9. The number of rotatable bonds is 2. The van der Waals surface area contributed by atoms with Crippen molar-refractivity contribution in [3.8, 4) is 11.1 Å². The Kier molecular flexibility index (Phi) is 5.43. The van der Waals surface area contributed by atoms with Gasteiger partial charge in [0.05, 0.1) is 0 Å². The number of hydrogen-bond donors (Lipinski definition) is 0. The van der Waals surface area contributed by atoms with Gasteiger partial charge in [-0.25, -0.2) is 0 Å². The van der Waals surface area contributed by atoms with Crippen molar-refractivity contribution in [2.24, 2.45) is 0 Å². The molecular formula is C26H21Cl2Ti. The minimum atomic E-state index is -4.25. The fraction of sp³-hybridized carbons (Fsp3) is 0.0385. The number of allylic oxidation sites excluding steroid dienone is 3. The van der Waals surface area contributed by atoms with E-state index in [1.807, 2.05) is 60.7 Å². The Morgan fingerprint density at radius 3 is 1.72 bits per heavy atom. The van der Waals surface area contributed by atoms with Gasteiger partial charge < -0.3 is 0 Å². The summed E-state index contributed by atoms with van der Waals surface area (Å²) < 4.78 is 0.836. The molecule has 3 aromatic rings. The van der Waals surface area contributed by atoms with Crippen molar-refractivity contribution in [3.05, 3.63) is 130 Å². The largest absolute Gasteiger partial charge is 0.0622 e. The molecule has 5 rings (SSSR count). The minimum absolute atomic E-state index is 0.0496. The fourth-order valence-electron chi connectivity index (χ4n) is 4.05. The molecule has 0 saturated carbocycles. The van der Waals surface area contributed by atoms with Crippen molar-refractivity contribution in [1.82, 2.24) is 0 Å². The molecule has 0 nitrogen and oxygen atoms in total. The van der Waals surface area contributed by atoms with Gasteiger partial charge in [0, 0.05) is 0 Å². The van der Waals surface area contributed by atoms with Gasteiger partial charge in [0.25, 0.3) is 0 Å². The SMILES string of the molecule is [CH2]=[Ti]([Cl])([Cl])([C]1=C=CC=C1)[CH]1c2ccccc2-c2ccccc21.[CH2]c1ccccc1. The maximum absolute atomic E-state index is 7.13. The molecule has 2 aliphatic rings. The molecule has 3 heteroatoms. The summed E-state index contributed by atoms with van der Waals surface area (Å²) in [6, 6.07) is 26.6. The summed E-state index contributed by atoms with van der Waals surface area (Å²) in [5, 5.41) is 0. The van der Waals surface area contributed by atoms with Crippen molar-refractivity contribution in [2.75, 3.05) is 0 Å². The van der Waals surface area contributed by atoms with E-state index in [2.05, 4.69) is 53.9 Å². The normalized spacial score (nSPS) is 14.7. The first-order valence-electron chi connectivity index (χ1n) is 9.51. The van der Waals surface area contributed by atoms with E-state index in [9.17, 15) is 0 Å². The van der Waals surface area contributed by atoms with E-state index in [0.717, 1.165) is 9.44 Å². The first kappa shape index (κ1) is 20.4. The van der Waals surface area contributed by atoms with Gasteiger partial charge in [-0.05, 0) is 12.5 Å². The second kappa shape index (κ2) is 7.73. The Morgan fingerprint density at radius 2 is 1.28 bits per heavy atom. The van der Waals surface area contributed by atoms with Crippen molar-refractivity contribution >= 4 is 23.4 Å². The monoisotopic (exact) mass is 451 g/mol. The van der Waals surface area contributed by atoms with Gasteiger partial charge in [0.2, 0.25) is 0 Å². The number of benzene rings is 3. The Balaban J connectivity index is 0.000000249. The molecule has 143 valence electrons. The third-order valence-electron chi connectivity index (χ3n) is 5.39. The van der Waals surface area contributed by atoms with E-state index in [4.69, 9.17) is 18.6 Å². The van der Waals surface area contributed by atoms with Crippen molar-refractivity contribution in [2.45, 2.75) is 4.22 Å². The van der Waals surface area contributed by atoms with E-state index in [1.165, 1.54) is 22.3 Å². The Bertz CT molecular complexity index is 1180. The van der Waals surface area contributed by atoms with E-state index in [-0.39, 0.29) is 4.22 Å². The zero-order valence-electron chi connectivity index (χ0n) is 16.0. The molecular weight excluding hydrogens is 431 g/mol. The fourth-order valence-corrected chi connectivity index (χ4v) is 11.4. The van der Waals surface area contributed by atoms with Crippen LogP contribution in [0.1, 0.15) is 20.9 Å². The molecule has 0 fully saturated rings. The van der Waals surface area contributed by atoms with Crippen LogP contribution in [0.4, 0.5) is 0 Å². The smallest absolute Gasteiger partial charge is 0.0238 e. The molecule has 0 bridgehead atoms. The zero-order chi connectivity index (χ0) is 20.5. The minimum Gasteiger partial charge on any atom is -0.0622 e.